The van der Waals surface area contributed by atoms with Crippen molar-refractivity contribution in [3.05, 3.63) is 73.1 Å². The van der Waals surface area contributed by atoms with Gasteiger partial charge in [0.1, 0.15) is 0 Å². The van der Waals surface area contributed by atoms with Crippen LogP contribution in [0.1, 0.15) is 6.92 Å². The van der Waals surface area contributed by atoms with E-state index in [9.17, 15) is 0 Å². The van der Waals surface area contributed by atoms with Gasteiger partial charge in [0.15, 0.2) is 0 Å². The molecule has 20 heavy (non-hydrogen) atoms. The summed E-state index contributed by atoms with van der Waals surface area (Å²) in [6, 6.07) is 20.7. The molecule has 2 nitrogen and oxygen atoms in total. The van der Waals surface area contributed by atoms with Crippen LogP contribution in [-0.2, 0) is 0 Å². The molecule has 3 rings (SSSR count). The van der Waals surface area contributed by atoms with Crippen molar-refractivity contribution in [2.24, 2.45) is 0 Å². The molecule has 0 amide bonds. The SMILES string of the molecule is CC=Cn1cnc(-c2ccccc2)c1-c1ccccc1. The molecule has 0 fully saturated rings. The van der Waals surface area contributed by atoms with Gasteiger partial charge in [-0.25, -0.2) is 4.98 Å². The zero-order valence-corrected chi connectivity index (χ0v) is 11.4. The normalized spacial score (nSPS) is 11.1. The number of benzene rings is 2. The van der Waals surface area contributed by atoms with Crippen molar-refractivity contribution in [2.75, 3.05) is 0 Å². The first-order chi connectivity index (χ1) is 9.90. The van der Waals surface area contributed by atoms with Gasteiger partial charge in [-0.3, -0.25) is 0 Å². The summed E-state index contributed by atoms with van der Waals surface area (Å²) in [7, 11) is 0. The Hall–Kier alpha value is -2.61. The van der Waals surface area contributed by atoms with E-state index < -0.39 is 0 Å². The van der Waals surface area contributed by atoms with Crippen molar-refractivity contribution in [1.29, 1.82) is 0 Å². The first-order valence-electron chi connectivity index (χ1n) is 6.70. The van der Waals surface area contributed by atoms with Crippen LogP contribution in [0.2, 0.25) is 0 Å². The minimum Gasteiger partial charge on any atom is -0.305 e. The molecule has 0 saturated carbocycles. The summed E-state index contributed by atoms with van der Waals surface area (Å²) in [5, 5.41) is 0. The summed E-state index contributed by atoms with van der Waals surface area (Å²) < 4.78 is 2.07. The van der Waals surface area contributed by atoms with Crippen molar-refractivity contribution >= 4 is 6.20 Å². The highest BCUT2D eigenvalue weighted by Gasteiger charge is 2.13. The molecule has 0 aliphatic heterocycles. The van der Waals surface area contributed by atoms with Crippen molar-refractivity contribution in [3.63, 3.8) is 0 Å². The van der Waals surface area contributed by atoms with Gasteiger partial charge in [-0.2, -0.15) is 0 Å². The van der Waals surface area contributed by atoms with Crippen LogP contribution in [0, 0.1) is 0 Å². The highest BCUT2D eigenvalue weighted by molar-refractivity contribution is 5.79. The fourth-order valence-corrected chi connectivity index (χ4v) is 2.32. The van der Waals surface area contributed by atoms with Crippen LogP contribution in [0.15, 0.2) is 73.1 Å². The van der Waals surface area contributed by atoms with Gasteiger partial charge in [0.2, 0.25) is 0 Å². The second-order valence-electron chi connectivity index (χ2n) is 4.56. The van der Waals surface area contributed by atoms with Gasteiger partial charge >= 0.3 is 0 Å². The molecule has 0 spiro atoms. The summed E-state index contributed by atoms with van der Waals surface area (Å²) in [6.07, 6.45) is 5.91. The van der Waals surface area contributed by atoms with Gasteiger partial charge in [0.25, 0.3) is 0 Å². The van der Waals surface area contributed by atoms with Crippen LogP contribution >= 0.6 is 0 Å². The first-order valence-corrected chi connectivity index (χ1v) is 6.70. The lowest BCUT2D eigenvalue weighted by molar-refractivity contribution is 1.14. The van der Waals surface area contributed by atoms with Crippen LogP contribution in [0.5, 0.6) is 0 Å². The van der Waals surface area contributed by atoms with Crippen molar-refractivity contribution < 1.29 is 0 Å². The first kappa shape index (κ1) is 12.4. The summed E-state index contributed by atoms with van der Waals surface area (Å²) in [5.41, 5.74) is 4.43. The molecule has 0 bridgehead atoms. The molecule has 2 aromatic carbocycles. The van der Waals surface area contributed by atoms with Crippen LogP contribution in [0.4, 0.5) is 0 Å². The minimum atomic E-state index is 1.01. The van der Waals surface area contributed by atoms with Gasteiger partial charge in [0, 0.05) is 17.3 Å². The maximum Gasteiger partial charge on any atom is 0.0999 e. The van der Waals surface area contributed by atoms with E-state index in [2.05, 4.69) is 45.9 Å². The fraction of sp³-hybridized carbons (Fsp3) is 0.0556. The lowest BCUT2D eigenvalue weighted by Gasteiger charge is -2.07. The van der Waals surface area contributed by atoms with Gasteiger partial charge in [0.05, 0.1) is 17.7 Å². The average Bonchev–Trinajstić information content (AvgIpc) is 2.93. The summed E-state index contributed by atoms with van der Waals surface area (Å²) in [6.45, 7) is 2.01. The van der Waals surface area contributed by atoms with Gasteiger partial charge in [-0.1, -0.05) is 66.7 Å². The van der Waals surface area contributed by atoms with Crippen molar-refractivity contribution in [3.8, 4) is 22.5 Å². The summed E-state index contributed by atoms with van der Waals surface area (Å²) in [4.78, 5) is 4.59. The predicted molar refractivity (Wildman–Crippen MR) is 84.1 cm³/mol. The Bertz CT molecular complexity index is 710. The van der Waals surface area contributed by atoms with E-state index >= 15 is 0 Å². The molecule has 0 N–H and O–H groups in total. The molecule has 0 aliphatic carbocycles. The lowest BCUT2D eigenvalue weighted by Crippen LogP contribution is -1.90. The lowest BCUT2D eigenvalue weighted by atomic mass is 10.0. The zero-order valence-electron chi connectivity index (χ0n) is 11.4. The van der Waals surface area contributed by atoms with Gasteiger partial charge in [-0.15, -0.1) is 0 Å². The van der Waals surface area contributed by atoms with E-state index in [1.807, 2.05) is 49.8 Å². The topological polar surface area (TPSA) is 17.8 Å². The molecule has 1 aromatic heterocycles. The molecule has 3 aromatic rings. The van der Waals surface area contributed by atoms with Gasteiger partial charge in [-0.05, 0) is 6.92 Å². The smallest absolute Gasteiger partial charge is 0.0999 e. The molecule has 0 radical (unpaired) electrons. The largest absolute Gasteiger partial charge is 0.305 e. The Morgan fingerprint density at radius 3 is 2.05 bits per heavy atom. The molecule has 0 aliphatic rings. The third-order valence-corrected chi connectivity index (χ3v) is 3.20. The maximum atomic E-state index is 4.59. The molecular weight excluding hydrogens is 244 g/mol. The van der Waals surface area contributed by atoms with Crippen LogP contribution in [0.25, 0.3) is 28.7 Å². The molecule has 1 heterocycles. The number of hydrogen-bond donors (Lipinski definition) is 0. The highest BCUT2D eigenvalue weighted by Crippen LogP contribution is 2.31. The van der Waals surface area contributed by atoms with Crippen molar-refractivity contribution in [1.82, 2.24) is 9.55 Å². The molecular formula is C18H16N2. The van der Waals surface area contributed by atoms with E-state index in [1.54, 1.807) is 0 Å². The zero-order chi connectivity index (χ0) is 13.8. The number of nitrogens with zero attached hydrogens (tertiary/aromatic N) is 2. The van der Waals surface area contributed by atoms with E-state index in [0.717, 1.165) is 17.0 Å². The average molecular weight is 260 g/mol. The van der Waals surface area contributed by atoms with Crippen LogP contribution in [0.3, 0.4) is 0 Å². The molecule has 98 valence electrons. The number of allylic oxidation sites excluding steroid dienone is 1. The standard InChI is InChI=1S/C18H16N2/c1-2-13-20-14-19-17(15-9-5-3-6-10-15)18(20)16-11-7-4-8-12-16/h2-14H,1H3. The minimum absolute atomic E-state index is 1.01. The Balaban J connectivity index is 2.22. The van der Waals surface area contributed by atoms with Crippen LogP contribution < -0.4 is 0 Å². The third-order valence-electron chi connectivity index (χ3n) is 3.20. The molecule has 0 atom stereocenters. The fourth-order valence-electron chi connectivity index (χ4n) is 2.32. The van der Waals surface area contributed by atoms with Crippen molar-refractivity contribution in [2.45, 2.75) is 6.92 Å². The summed E-state index contributed by atoms with van der Waals surface area (Å²) >= 11 is 0. The Morgan fingerprint density at radius 2 is 1.45 bits per heavy atom. The number of hydrogen-bond acceptors (Lipinski definition) is 1. The van der Waals surface area contributed by atoms with E-state index in [0.29, 0.717) is 0 Å². The number of aromatic nitrogens is 2. The second kappa shape index (κ2) is 5.57. The highest BCUT2D eigenvalue weighted by atomic mass is 15.0. The predicted octanol–water partition coefficient (Wildman–Crippen LogP) is 4.71. The number of imidazole rings is 1. The molecule has 2 heteroatoms. The van der Waals surface area contributed by atoms with E-state index in [4.69, 9.17) is 0 Å². The second-order valence-corrected chi connectivity index (χ2v) is 4.56. The van der Waals surface area contributed by atoms with E-state index in [-0.39, 0.29) is 0 Å². The Labute approximate surface area is 119 Å². The Kier molecular flexibility index (Phi) is 3.46. The molecule has 0 saturated heterocycles. The third kappa shape index (κ3) is 2.28. The number of rotatable bonds is 3. The van der Waals surface area contributed by atoms with E-state index in [1.165, 1.54) is 5.56 Å². The monoisotopic (exact) mass is 260 g/mol. The summed E-state index contributed by atoms with van der Waals surface area (Å²) in [5.74, 6) is 0. The van der Waals surface area contributed by atoms with Crippen LogP contribution in [-0.4, -0.2) is 9.55 Å². The quantitative estimate of drug-likeness (QED) is 0.667. The Morgan fingerprint density at radius 1 is 0.850 bits per heavy atom. The maximum absolute atomic E-state index is 4.59. The van der Waals surface area contributed by atoms with Gasteiger partial charge < -0.3 is 4.57 Å². The molecule has 0 unspecified atom stereocenters.